The number of halogens is 2. The molecule has 0 saturated carbocycles. The van der Waals surface area contributed by atoms with E-state index >= 15 is 0 Å². The van der Waals surface area contributed by atoms with E-state index in [9.17, 15) is 4.39 Å². The van der Waals surface area contributed by atoms with E-state index in [1.54, 1.807) is 12.1 Å². The van der Waals surface area contributed by atoms with Gasteiger partial charge in [-0.2, -0.15) is 0 Å². The van der Waals surface area contributed by atoms with Crippen LogP contribution in [-0.2, 0) is 0 Å². The summed E-state index contributed by atoms with van der Waals surface area (Å²) in [5, 5.41) is 0. The average molecular weight is 265 g/mol. The third kappa shape index (κ3) is 2.26. The number of aryl methyl sites for hydroxylation is 1. The van der Waals surface area contributed by atoms with Gasteiger partial charge in [0.25, 0.3) is 0 Å². The fraction of sp³-hybridized carbons (Fsp3) is 0.0769. The van der Waals surface area contributed by atoms with Gasteiger partial charge in [-0.15, -0.1) is 0 Å². The first-order valence-electron chi connectivity index (χ1n) is 4.69. The van der Waals surface area contributed by atoms with Crippen LogP contribution in [0.5, 0.6) is 0 Å². The van der Waals surface area contributed by atoms with Crippen LogP contribution in [0.4, 0.5) is 4.39 Å². The van der Waals surface area contributed by atoms with Crippen molar-refractivity contribution in [1.82, 2.24) is 0 Å². The summed E-state index contributed by atoms with van der Waals surface area (Å²) in [4.78, 5) is 0. The standard InChI is InChI=1S/C13H10BrF/c1-9-5-6-12(15)8-13(9)10-3-2-4-11(14)7-10/h2-8H,1H3. The normalized spacial score (nSPS) is 10.3. The first kappa shape index (κ1) is 10.4. The van der Waals surface area contributed by atoms with Crippen LogP contribution in [0.15, 0.2) is 46.9 Å². The van der Waals surface area contributed by atoms with Gasteiger partial charge in [0.1, 0.15) is 5.82 Å². The fourth-order valence-electron chi connectivity index (χ4n) is 1.56. The van der Waals surface area contributed by atoms with Crippen LogP contribution in [0.1, 0.15) is 5.56 Å². The topological polar surface area (TPSA) is 0 Å². The Balaban J connectivity index is 2.58. The minimum atomic E-state index is -0.199. The SMILES string of the molecule is Cc1ccc(F)cc1-c1cccc(Br)c1. The third-order valence-corrected chi connectivity index (χ3v) is 2.83. The molecule has 0 atom stereocenters. The van der Waals surface area contributed by atoms with Crippen LogP contribution in [-0.4, -0.2) is 0 Å². The molecule has 0 aliphatic heterocycles. The average Bonchev–Trinajstić information content (AvgIpc) is 2.22. The molecule has 0 aliphatic carbocycles. The van der Waals surface area contributed by atoms with Gasteiger partial charge in [-0.25, -0.2) is 4.39 Å². The van der Waals surface area contributed by atoms with Gasteiger partial charge in [-0.1, -0.05) is 34.1 Å². The van der Waals surface area contributed by atoms with Gasteiger partial charge in [0.15, 0.2) is 0 Å². The Hall–Kier alpha value is -1.15. The largest absolute Gasteiger partial charge is 0.207 e. The lowest BCUT2D eigenvalue weighted by atomic mass is 10.0. The lowest BCUT2D eigenvalue weighted by molar-refractivity contribution is 0.628. The molecule has 2 rings (SSSR count). The first-order chi connectivity index (χ1) is 7.16. The van der Waals surface area contributed by atoms with Crippen LogP contribution < -0.4 is 0 Å². The molecule has 0 aromatic heterocycles. The van der Waals surface area contributed by atoms with E-state index in [1.807, 2.05) is 31.2 Å². The summed E-state index contributed by atoms with van der Waals surface area (Å²) in [7, 11) is 0. The van der Waals surface area contributed by atoms with E-state index in [0.29, 0.717) is 0 Å². The fourth-order valence-corrected chi connectivity index (χ4v) is 1.96. The van der Waals surface area contributed by atoms with Gasteiger partial charge in [-0.05, 0) is 47.9 Å². The Bertz CT molecular complexity index is 492. The molecule has 2 aromatic carbocycles. The zero-order valence-electron chi connectivity index (χ0n) is 8.30. The summed E-state index contributed by atoms with van der Waals surface area (Å²) in [6.07, 6.45) is 0. The highest BCUT2D eigenvalue weighted by atomic mass is 79.9. The Labute approximate surface area is 96.9 Å². The molecule has 76 valence electrons. The van der Waals surface area contributed by atoms with Crippen LogP contribution >= 0.6 is 15.9 Å². The number of benzene rings is 2. The maximum atomic E-state index is 13.1. The summed E-state index contributed by atoms with van der Waals surface area (Å²) in [6.45, 7) is 1.98. The lowest BCUT2D eigenvalue weighted by Gasteiger charge is -2.06. The highest BCUT2D eigenvalue weighted by Crippen LogP contribution is 2.26. The molecule has 0 fully saturated rings. The van der Waals surface area contributed by atoms with Gasteiger partial charge in [-0.3, -0.25) is 0 Å². The Morgan fingerprint density at radius 1 is 1.07 bits per heavy atom. The smallest absolute Gasteiger partial charge is 0.123 e. The van der Waals surface area contributed by atoms with Crippen molar-refractivity contribution in [2.75, 3.05) is 0 Å². The van der Waals surface area contributed by atoms with Crippen molar-refractivity contribution in [3.05, 3.63) is 58.3 Å². The first-order valence-corrected chi connectivity index (χ1v) is 5.48. The summed E-state index contributed by atoms with van der Waals surface area (Å²) in [5.74, 6) is -0.199. The molecule has 0 heterocycles. The number of hydrogen-bond donors (Lipinski definition) is 0. The van der Waals surface area contributed by atoms with Crippen molar-refractivity contribution in [2.45, 2.75) is 6.92 Å². The van der Waals surface area contributed by atoms with E-state index in [0.717, 1.165) is 21.2 Å². The summed E-state index contributed by atoms with van der Waals surface area (Å²) < 4.78 is 14.1. The molecule has 15 heavy (non-hydrogen) atoms. The van der Waals surface area contributed by atoms with Crippen LogP contribution in [0.25, 0.3) is 11.1 Å². The van der Waals surface area contributed by atoms with Crippen LogP contribution in [0, 0.1) is 12.7 Å². The third-order valence-electron chi connectivity index (χ3n) is 2.34. The van der Waals surface area contributed by atoms with E-state index in [-0.39, 0.29) is 5.82 Å². The predicted octanol–water partition coefficient (Wildman–Crippen LogP) is 4.56. The maximum Gasteiger partial charge on any atom is 0.123 e. The molecule has 0 amide bonds. The Morgan fingerprint density at radius 2 is 1.87 bits per heavy atom. The van der Waals surface area contributed by atoms with Crippen molar-refractivity contribution < 1.29 is 4.39 Å². The van der Waals surface area contributed by atoms with Gasteiger partial charge in [0.05, 0.1) is 0 Å². The van der Waals surface area contributed by atoms with Crippen LogP contribution in [0.2, 0.25) is 0 Å². The van der Waals surface area contributed by atoms with Gasteiger partial charge in [0.2, 0.25) is 0 Å². The zero-order chi connectivity index (χ0) is 10.8. The minimum Gasteiger partial charge on any atom is -0.207 e. The van der Waals surface area contributed by atoms with Crippen molar-refractivity contribution in [3.8, 4) is 11.1 Å². The molecule has 2 heteroatoms. The van der Waals surface area contributed by atoms with E-state index in [1.165, 1.54) is 6.07 Å². The second-order valence-electron chi connectivity index (χ2n) is 3.47. The van der Waals surface area contributed by atoms with E-state index in [2.05, 4.69) is 15.9 Å². The molecule has 0 bridgehead atoms. The summed E-state index contributed by atoms with van der Waals surface area (Å²) in [5.41, 5.74) is 3.05. The van der Waals surface area contributed by atoms with E-state index < -0.39 is 0 Å². The van der Waals surface area contributed by atoms with Crippen molar-refractivity contribution in [1.29, 1.82) is 0 Å². The molecule has 2 aromatic rings. The second kappa shape index (κ2) is 4.15. The molecule has 0 N–H and O–H groups in total. The summed E-state index contributed by atoms with van der Waals surface area (Å²) >= 11 is 3.41. The second-order valence-corrected chi connectivity index (χ2v) is 4.39. The highest BCUT2D eigenvalue weighted by Gasteiger charge is 2.03. The number of rotatable bonds is 1. The predicted molar refractivity (Wildman–Crippen MR) is 64.3 cm³/mol. The molecule has 0 saturated heterocycles. The number of hydrogen-bond acceptors (Lipinski definition) is 0. The van der Waals surface area contributed by atoms with Crippen molar-refractivity contribution in [3.63, 3.8) is 0 Å². The lowest BCUT2D eigenvalue weighted by Crippen LogP contribution is -1.85. The highest BCUT2D eigenvalue weighted by molar-refractivity contribution is 9.10. The van der Waals surface area contributed by atoms with Gasteiger partial charge in [0, 0.05) is 4.47 Å². The molecular weight excluding hydrogens is 255 g/mol. The molecule has 0 radical (unpaired) electrons. The Kier molecular flexibility index (Phi) is 2.87. The zero-order valence-corrected chi connectivity index (χ0v) is 9.88. The van der Waals surface area contributed by atoms with E-state index in [4.69, 9.17) is 0 Å². The Morgan fingerprint density at radius 3 is 2.60 bits per heavy atom. The molecular formula is C13H10BrF. The van der Waals surface area contributed by atoms with Crippen molar-refractivity contribution in [2.24, 2.45) is 0 Å². The molecule has 0 aliphatic rings. The quantitative estimate of drug-likeness (QED) is 0.708. The molecule has 0 unspecified atom stereocenters. The molecule has 0 spiro atoms. The monoisotopic (exact) mass is 264 g/mol. The minimum absolute atomic E-state index is 0.199. The van der Waals surface area contributed by atoms with Gasteiger partial charge >= 0.3 is 0 Å². The van der Waals surface area contributed by atoms with Crippen molar-refractivity contribution >= 4 is 15.9 Å². The van der Waals surface area contributed by atoms with Crippen LogP contribution in [0.3, 0.4) is 0 Å². The maximum absolute atomic E-state index is 13.1. The molecule has 0 nitrogen and oxygen atoms in total. The summed E-state index contributed by atoms with van der Waals surface area (Å²) in [6, 6.07) is 12.7. The van der Waals surface area contributed by atoms with Gasteiger partial charge < -0.3 is 0 Å².